The molecule has 2 nitrogen and oxygen atoms in total. The highest BCUT2D eigenvalue weighted by Crippen LogP contribution is 2.32. The first-order valence-corrected chi connectivity index (χ1v) is 5.00. The molecule has 0 amide bonds. The number of allylic oxidation sites excluding steroid dienone is 1. The average molecular weight is 177 g/mol. The topological polar surface area (TPSA) is 29.4 Å². The fourth-order valence-corrected chi connectivity index (χ4v) is 2.21. The molecule has 0 radical (unpaired) electrons. The smallest absolute Gasteiger partial charge is 0.180 e. The predicted molar refractivity (Wildman–Crippen MR) is 53.0 cm³/mol. The van der Waals surface area contributed by atoms with Gasteiger partial charge >= 0.3 is 0 Å². The van der Waals surface area contributed by atoms with E-state index in [1.165, 1.54) is 11.3 Å². The minimum absolute atomic E-state index is 0.261. The Labute approximate surface area is 78.7 Å². The molecule has 70 valence electrons. The van der Waals surface area contributed by atoms with Gasteiger partial charge < -0.3 is 0 Å². The second-order valence-electron chi connectivity index (χ2n) is 4.09. The number of carbonyl (C=O) groups excluding carboxylic acids is 1. The monoisotopic (exact) mass is 177 g/mol. The molecule has 1 aliphatic carbocycles. The Bertz CT molecular complexity index is 310. The molecule has 0 aromatic heterocycles. The van der Waals surface area contributed by atoms with Crippen molar-refractivity contribution in [2.45, 2.75) is 33.1 Å². The Balaban J connectivity index is 2.38. The lowest BCUT2D eigenvalue weighted by molar-refractivity contribution is -0.114. The van der Waals surface area contributed by atoms with Crippen LogP contribution in [0.4, 0.5) is 0 Å². The van der Waals surface area contributed by atoms with Crippen LogP contribution < -0.4 is 0 Å². The van der Waals surface area contributed by atoms with E-state index in [-0.39, 0.29) is 5.78 Å². The van der Waals surface area contributed by atoms with Gasteiger partial charge in [0.1, 0.15) is 6.54 Å². The highest BCUT2D eigenvalue weighted by molar-refractivity contribution is 6.14. The fraction of sp³-hybridized carbons (Fsp3) is 0.636. The van der Waals surface area contributed by atoms with Crippen molar-refractivity contribution in [2.24, 2.45) is 10.9 Å². The maximum Gasteiger partial charge on any atom is 0.180 e. The largest absolute Gasteiger partial charge is 0.292 e. The van der Waals surface area contributed by atoms with Gasteiger partial charge in [-0.1, -0.05) is 13.8 Å². The summed E-state index contributed by atoms with van der Waals surface area (Å²) in [5.41, 5.74) is 3.54. The fourth-order valence-electron chi connectivity index (χ4n) is 2.21. The molecule has 0 fully saturated rings. The van der Waals surface area contributed by atoms with Crippen molar-refractivity contribution < 1.29 is 4.79 Å². The van der Waals surface area contributed by atoms with Gasteiger partial charge in [0, 0.05) is 11.3 Å². The summed E-state index contributed by atoms with van der Waals surface area (Å²) in [6, 6.07) is 0. The molecular weight excluding hydrogens is 162 g/mol. The molecule has 13 heavy (non-hydrogen) atoms. The van der Waals surface area contributed by atoms with Crippen LogP contribution in [-0.4, -0.2) is 18.0 Å². The van der Waals surface area contributed by atoms with E-state index in [9.17, 15) is 4.79 Å². The molecule has 0 bridgehead atoms. The first kappa shape index (κ1) is 8.67. The molecule has 2 rings (SSSR count). The minimum atomic E-state index is 0.261. The average Bonchev–Trinajstić information content (AvgIpc) is 2.53. The van der Waals surface area contributed by atoms with Crippen molar-refractivity contribution in [3.05, 3.63) is 11.1 Å². The summed E-state index contributed by atoms with van der Waals surface area (Å²) in [4.78, 5) is 15.8. The molecular formula is C11H15NO. The maximum absolute atomic E-state index is 11.5. The second kappa shape index (κ2) is 3.09. The molecule has 0 aromatic rings. The van der Waals surface area contributed by atoms with Crippen LogP contribution in [0.1, 0.15) is 33.1 Å². The Morgan fingerprint density at radius 3 is 2.62 bits per heavy atom. The highest BCUT2D eigenvalue weighted by atomic mass is 16.1. The molecule has 0 saturated heterocycles. The van der Waals surface area contributed by atoms with Crippen molar-refractivity contribution in [3.63, 3.8) is 0 Å². The Morgan fingerprint density at radius 1 is 1.23 bits per heavy atom. The lowest BCUT2D eigenvalue weighted by Crippen LogP contribution is -2.21. The third kappa shape index (κ3) is 1.34. The van der Waals surface area contributed by atoms with E-state index in [2.05, 4.69) is 18.8 Å². The molecule has 0 unspecified atom stereocenters. The number of rotatable bonds is 1. The summed E-state index contributed by atoms with van der Waals surface area (Å²) in [6.07, 6.45) is 3.19. The molecule has 1 heterocycles. The molecule has 0 atom stereocenters. The Kier molecular flexibility index (Phi) is 2.06. The summed E-state index contributed by atoms with van der Waals surface area (Å²) in [7, 11) is 0. The first-order valence-electron chi connectivity index (χ1n) is 5.00. The summed E-state index contributed by atoms with van der Waals surface area (Å²) in [5, 5.41) is 0. The summed E-state index contributed by atoms with van der Waals surface area (Å²) < 4.78 is 0. The van der Waals surface area contributed by atoms with Gasteiger partial charge in [0.2, 0.25) is 0 Å². The molecule has 2 heteroatoms. The standard InChI is InChI=1S/C11H15NO/c1-7(2)11-9-5-3-4-8(9)10(13)6-12-11/h7H,3-6H2,1-2H3. The zero-order valence-corrected chi connectivity index (χ0v) is 8.26. The number of dihydropyridines is 1. The van der Waals surface area contributed by atoms with E-state index in [0.717, 1.165) is 24.8 Å². The van der Waals surface area contributed by atoms with Gasteiger partial charge in [-0.2, -0.15) is 0 Å². The maximum atomic E-state index is 11.5. The van der Waals surface area contributed by atoms with Crippen LogP contribution in [0.3, 0.4) is 0 Å². The van der Waals surface area contributed by atoms with Gasteiger partial charge in [-0.3, -0.25) is 9.79 Å². The van der Waals surface area contributed by atoms with Crippen molar-refractivity contribution in [1.29, 1.82) is 0 Å². The highest BCUT2D eigenvalue weighted by Gasteiger charge is 2.28. The van der Waals surface area contributed by atoms with Crippen molar-refractivity contribution >= 4 is 11.5 Å². The SMILES string of the molecule is CC(C)C1=NCC(=O)C2=C1CCC2. The Morgan fingerprint density at radius 2 is 1.92 bits per heavy atom. The van der Waals surface area contributed by atoms with E-state index in [1.807, 2.05) is 0 Å². The van der Waals surface area contributed by atoms with E-state index in [0.29, 0.717) is 12.5 Å². The Hall–Kier alpha value is -0.920. The van der Waals surface area contributed by atoms with Crippen molar-refractivity contribution in [2.75, 3.05) is 6.54 Å². The molecule has 0 aromatic carbocycles. The van der Waals surface area contributed by atoms with Gasteiger partial charge in [0.15, 0.2) is 5.78 Å². The van der Waals surface area contributed by atoms with E-state index in [1.54, 1.807) is 0 Å². The zero-order valence-electron chi connectivity index (χ0n) is 8.26. The molecule has 0 N–H and O–H groups in total. The normalized spacial score (nSPS) is 22.4. The van der Waals surface area contributed by atoms with E-state index < -0.39 is 0 Å². The molecule has 0 saturated carbocycles. The third-order valence-corrected chi connectivity index (χ3v) is 2.80. The van der Waals surface area contributed by atoms with E-state index in [4.69, 9.17) is 0 Å². The number of Topliss-reactive ketones (excluding diaryl/α,β-unsaturated/α-hetero) is 1. The van der Waals surface area contributed by atoms with Crippen LogP contribution in [0.2, 0.25) is 0 Å². The zero-order chi connectivity index (χ0) is 9.42. The quantitative estimate of drug-likeness (QED) is 0.603. The third-order valence-electron chi connectivity index (χ3n) is 2.80. The number of hydrogen-bond acceptors (Lipinski definition) is 2. The number of ketones is 1. The predicted octanol–water partition coefficient (Wildman–Crippen LogP) is 2.15. The van der Waals surface area contributed by atoms with Crippen LogP contribution in [0.25, 0.3) is 0 Å². The lowest BCUT2D eigenvalue weighted by Gasteiger charge is -2.17. The summed E-state index contributed by atoms with van der Waals surface area (Å²) in [6.45, 7) is 4.70. The first-order chi connectivity index (χ1) is 6.20. The number of nitrogens with zero attached hydrogens (tertiary/aromatic N) is 1. The van der Waals surface area contributed by atoms with E-state index >= 15 is 0 Å². The number of aliphatic imine (C=N–C) groups is 1. The van der Waals surface area contributed by atoms with Gasteiger partial charge in [-0.25, -0.2) is 0 Å². The number of carbonyl (C=O) groups is 1. The lowest BCUT2D eigenvalue weighted by atomic mass is 9.93. The molecule has 1 aliphatic heterocycles. The van der Waals surface area contributed by atoms with Crippen molar-refractivity contribution in [1.82, 2.24) is 0 Å². The van der Waals surface area contributed by atoms with Crippen LogP contribution >= 0.6 is 0 Å². The summed E-state index contributed by atoms with van der Waals surface area (Å²) >= 11 is 0. The van der Waals surface area contributed by atoms with Crippen LogP contribution in [0.5, 0.6) is 0 Å². The number of hydrogen-bond donors (Lipinski definition) is 0. The summed E-state index contributed by atoms with van der Waals surface area (Å²) in [5.74, 6) is 0.730. The van der Waals surface area contributed by atoms with Crippen LogP contribution in [-0.2, 0) is 4.79 Å². The van der Waals surface area contributed by atoms with Gasteiger partial charge in [0.05, 0.1) is 0 Å². The van der Waals surface area contributed by atoms with Gasteiger partial charge in [0.25, 0.3) is 0 Å². The molecule has 0 spiro atoms. The van der Waals surface area contributed by atoms with Crippen LogP contribution in [0.15, 0.2) is 16.1 Å². The molecule has 2 aliphatic rings. The van der Waals surface area contributed by atoms with Gasteiger partial charge in [-0.05, 0) is 30.8 Å². The van der Waals surface area contributed by atoms with Crippen LogP contribution in [0, 0.1) is 5.92 Å². The van der Waals surface area contributed by atoms with Gasteiger partial charge in [-0.15, -0.1) is 0 Å². The minimum Gasteiger partial charge on any atom is -0.292 e. The van der Waals surface area contributed by atoms with Crippen molar-refractivity contribution in [3.8, 4) is 0 Å². The second-order valence-corrected chi connectivity index (χ2v) is 4.09.